The molecule has 0 spiro atoms. The standard InChI is InChI=1S/C9H18/c1-4-6-8-9(3)7-5-2/h5,7,9H,4,6,8H2,1-3H3/b7-5+/t9-/m1/s1. The van der Waals surface area contributed by atoms with Gasteiger partial charge in [0.15, 0.2) is 0 Å². The molecule has 0 aromatic heterocycles. The fourth-order valence-electron chi connectivity index (χ4n) is 0.951. The fraction of sp³-hybridized carbons (Fsp3) is 0.778. The van der Waals surface area contributed by atoms with Gasteiger partial charge in [-0.1, -0.05) is 38.8 Å². The highest BCUT2D eigenvalue weighted by Gasteiger charge is 1.92. The Labute approximate surface area is 59.0 Å². The van der Waals surface area contributed by atoms with Crippen molar-refractivity contribution >= 4 is 0 Å². The van der Waals surface area contributed by atoms with Crippen LogP contribution in [-0.4, -0.2) is 0 Å². The molecule has 0 saturated carbocycles. The van der Waals surface area contributed by atoms with Gasteiger partial charge in [0.05, 0.1) is 0 Å². The molecular weight excluding hydrogens is 108 g/mol. The van der Waals surface area contributed by atoms with Gasteiger partial charge in [-0.25, -0.2) is 0 Å². The van der Waals surface area contributed by atoms with Crippen LogP contribution in [0.1, 0.15) is 40.0 Å². The molecule has 0 rings (SSSR count). The Hall–Kier alpha value is -0.260. The maximum Gasteiger partial charge on any atom is -0.0262 e. The summed E-state index contributed by atoms with van der Waals surface area (Å²) in [6.45, 7) is 6.60. The molecule has 0 saturated heterocycles. The van der Waals surface area contributed by atoms with Crippen LogP contribution in [0.5, 0.6) is 0 Å². The Bertz CT molecular complexity index is 72.1. The molecule has 0 amide bonds. The number of unbranched alkanes of at least 4 members (excludes halogenated alkanes) is 1. The zero-order valence-electron chi connectivity index (χ0n) is 6.85. The van der Waals surface area contributed by atoms with Crippen molar-refractivity contribution in [2.45, 2.75) is 40.0 Å². The fourth-order valence-corrected chi connectivity index (χ4v) is 0.951. The van der Waals surface area contributed by atoms with E-state index in [1.54, 1.807) is 0 Å². The van der Waals surface area contributed by atoms with Gasteiger partial charge in [-0.2, -0.15) is 0 Å². The van der Waals surface area contributed by atoms with E-state index in [0.29, 0.717) is 0 Å². The van der Waals surface area contributed by atoms with E-state index >= 15 is 0 Å². The van der Waals surface area contributed by atoms with Crippen molar-refractivity contribution in [3.8, 4) is 0 Å². The minimum atomic E-state index is 0.787. The van der Waals surface area contributed by atoms with Crippen molar-refractivity contribution < 1.29 is 0 Å². The van der Waals surface area contributed by atoms with Gasteiger partial charge in [0.1, 0.15) is 0 Å². The lowest BCUT2D eigenvalue weighted by Gasteiger charge is -2.02. The second-order valence-electron chi connectivity index (χ2n) is 2.65. The van der Waals surface area contributed by atoms with E-state index in [1.165, 1.54) is 19.3 Å². The molecule has 0 aromatic carbocycles. The Balaban J connectivity index is 3.15. The van der Waals surface area contributed by atoms with E-state index in [-0.39, 0.29) is 0 Å². The molecule has 0 aliphatic heterocycles. The van der Waals surface area contributed by atoms with Crippen LogP contribution < -0.4 is 0 Å². The molecule has 0 N–H and O–H groups in total. The largest absolute Gasteiger partial charge is 0.0914 e. The van der Waals surface area contributed by atoms with E-state index in [1.807, 2.05) is 0 Å². The van der Waals surface area contributed by atoms with Gasteiger partial charge in [0.25, 0.3) is 0 Å². The predicted octanol–water partition coefficient (Wildman–Crippen LogP) is 3.39. The molecule has 1 atom stereocenters. The summed E-state index contributed by atoms with van der Waals surface area (Å²) in [6.07, 6.45) is 8.45. The molecule has 0 fully saturated rings. The van der Waals surface area contributed by atoms with Crippen LogP contribution in [0.25, 0.3) is 0 Å². The van der Waals surface area contributed by atoms with Crippen molar-refractivity contribution in [3.63, 3.8) is 0 Å². The highest BCUT2D eigenvalue weighted by Crippen LogP contribution is 2.07. The molecule has 9 heavy (non-hydrogen) atoms. The zero-order valence-corrected chi connectivity index (χ0v) is 6.85. The third-order valence-corrected chi connectivity index (χ3v) is 1.53. The lowest BCUT2D eigenvalue weighted by molar-refractivity contribution is 0.598. The van der Waals surface area contributed by atoms with Crippen molar-refractivity contribution in [3.05, 3.63) is 12.2 Å². The van der Waals surface area contributed by atoms with Crippen LogP contribution in [0, 0.1) is 5.92 Å². The van der Waals surface area contributed by atoms with Gasteiger partial charge in [-0.05, 0) is 19.3 Å². The summed E-state index contributed by atoms with van der Waals surface area (Å²) in [5.74, 6) is 0.787. The molecule has 0 heteroatoms. The van der Waals surface area contributed by atoms with Crippen LogP contribution in [-0.2, 0) is 0 Å². The summed E-state index contributed by atoms with van der Waals surface area (Å²) in [7, 11) is 0. The maximum atomic E-state index is 2.27. The first-order valence-electron chi connectivity index (χ1n) is 3.94. The Kier molecular flexibility index (Phi) is 5.70. The maximum absolute atomic E-state index is 2.27. The molecule has 0 aliphatic carbocycles. The van der Waals surface area contributed by atoms with Crippen LogP contribution in [0.4, 0.5) is 0 Å². The molecular formula is C9H18. The Morgan fingerprint density at radius 3 is 2.56 bits per heavy atom. The summed E-state index contributed by atoms with van der Waals surface area (Å²) < 4.78 is 0. The van der Waals surface area contributed by atoms with Crippen molar-refractivity contribution in [1.29, 1.82) is 0 Å². The Morgan fingerprint density at radius 1 is 1.44 bits per heavy atom. The van der Waals surface area contributed by atoms with E-state index < -0.39 is 0 Å². The topological polar surface area (TPSA) is 0 Å². The first kappa shape index (κ1) is 8.74. The first-order chi connectivity index (χ1) is 4.31. The van der Waals surface area contributed by atoms with E-state index in [0.717, 1.165) is 5.92 Å². The van der Waals surface area contributed by atoms with Crippen molar-refractivity contribution in [2.24, 2.45) is 5.92 Å². The molecule has 54 valence electrons. The highest BCUT2D eigenvalue weighted by molar-refractivity contribution is 4.82. The Morgan fingerprint density at radius 2 is 2.11 bits per heavy atom. The van der Waals surface area contributed by atoms with Gasteiger partial charge in [0.2, 0.25) is 0 Å². The SMILES string of the molecule is C/C=C/[C@@H](C)CCCC. The molecule has 0 aliphatic rings. The number of hydrogen-bond acceptors (Lipinski definition) is 0. The van der Waals surface area contributed by atoms with Crippen LogP contribution >= 0.6 is 0 Å². The second kappa shape index (κ2) is 5.87. The highest BCUT2D eigenvalue weighted by atomic mass is 14.0. The monoisotopic (exact) mass is 126 g/mol. The zero-order chi connectivity index (χ0) is 7.11. The third-order valence-electron chi connectivity index (χ3n) is 1.53. The first-order valence-corrected chi connectivity index (χ1v) is 3.94. The van der Waals surface area contributed by atoms with Gasteiger partial charge < -0.3 is 0 Å². The van der Waals surface area contributed by atoms with Crippen molar-refractivity contribution in [2.75, 3.05) is 0 Å². The molecule has 0 heterocycles. The normalized spacial score (nSPS) is 14.6. The third kappa shape index (κ3) is 5.61. The lowest BCUT2D eigenvalue weighted by Crippen LogP contribution is -1.87. The summed E-state index contributed by atoms with van der Waals surface area (Å²) in [5, 5.41) is 0. The number of rotatable bonds is 4. The van der Waals surface area contributed by atoms with Crippen molar-refractivity contribution in [1.82, 2.24) is 0 Å². The molecule has 0 radical (unpaired) electrons. The predicted molar refractivity (Wildman–Crippen MR) is 43.5 cm³/mol. The average molecular weight is 126 g/mol. The summed E-state index contributed by atoms with van der Waals surface area (Å²) in [4.78, 5) is 0. The van der Waals surface area contributed by atoms with Gasteiger partial charge in [0, 0.05) is 0 Å². The van der Waals surface area contributed by atoms with E-state index in [9.17, 15) is 0 Å². The van der Waals surface area contributed by atoms with Gasteiger partial charge in [-0.3, -0.25) is 0 Å². The molecule has 0 bridgehead atoms. The van der Waals surface area contributed by atoms with Crippen LogP contribution in [0.2, 0.25) is 0 Å². The van der Waals surface area contributed by atoms with Gasteiger partial charge >= 0.3 is 0 Å². The van der Waals surface area contributed by atoms with E-state index in [4.69, 9.17) is 0 Å². The summed E-state index contributed by atoms with van der Waals surface area (Å²) in [5.41, 5.74) is 0. The van der Waals surface area contributed by atoms with Crippen LogP contribution in [0.3, 0.4) is 0 Å². The smallest absolute Gasteiger partial charge is 0.0262 e. The molecule has 0 nitrogen and oxygen atoms in total. The van der Waals surface area contributed by atoms with Crippen LogP contribution in [0.15, 0.2) is 12.2 Å². The second-order valence-corrected chi connectivity index (χ2v) is 2.65. The summed E-state index contributed by atoms with van der Waals surface area (Å²) in [6, 6.07) is 0. The lowest BCUT2D eigenvalue weighted by atomic mass is 10.0. The number of allylic oxidation sites excluding steroid dienone is 2. The molecule has 0 aromatic rings. The average Bonchev–Trinajstić information content (AvgIpc) is 1.85. The number of hydrogen-bond donors (Lipinski definition) is 0. The minimum absolute atomic E-state index is 0.787. The molecule has 0 unspecified atom stereocenters. The van der Waals surface area contributed by atoms with Gasteiger partial charge in [-0.15, -0.1) is 0 Å². The minimum Gasteiger partial charge on any atom is -0.0914 e. The summed E-state index contributed by atoms with van der Waals surface area (Å²) >= 11 is 0. The van der Waals surface area contributed by atoms with E-state index in [2.05, 4.69) is 32.9 Å². The quantitative estimate of drug-likeness (QED) is 0.506.